The van der Waals surface area contributed by atoms with Crippen molar-refractivity contribution in [1.29, 1.82) is 0 Å². The highest BCUT2D eigenvalue weighted by atomic mass is 14.6. The van der Waals surface area contributed by atoms with Crippen LogP contribution in [0.5, 0.6) is 0 Å². The molecule has 1 saturated carbocycles. The maximum atomic E-state index is 2.64. The van der Waals surface area contributed by atoms with Crippen molar-refractivity contribution in [3.63, 3.8) is 0 Å². The van der Waals surface area contributed by atoms with Gasteiger partial charge in [0.25, 0.3) is 0 Å². The minimum atomic E-state index is 0.238. The molecule has 292 valence electrons. The Kier molecular flexibility index (Phi) is 6.33. The molecule has 4 atom stereocenters. The van der Waals surface area contributed by atoms with E-state index in [4.69, 9.17) is 0 Å². The van der Waals surface area contributed by atoms with Crippen LogP contribution in [-0.2, 0) is 0 Å². The quantitative estimate of drug-likeness (QED) is 0.153. The molecule has 62 heavy (non-hydrogen) atoms. The third-order valence-corrected chi connectivity index (χ3v) is 16.1. The van der Waals surface area contributed by atoms with E-state index in [0.29, 0.717) is 11.8 Å². The van der Waals surface area contributed by atoms with E-state index in [0.717, 1.165) is 12.8 Å². The standard InChI is InChI=1S/C62H44/c1-31-24-32(2)27-35(26-31)53-52-30-51-40-13-8-7-12-39(40)41-14-9-15-48(55(41)51)60(52)54(36-28-33(3)25-34(4)29-36)62-50-23-21-47-45-19-17-43-38-11-6-5-10-37(38)42-16-18-44(57(45)56(42)43)46-20-22-49(61(53)62)59(50)58(46)47/h5-7,9-12,14-30,56-59H,8,13H2,1-4H3. The molecule has 4 unspecified atom stereocenters. The van der Waals surface area contributed by atoms with Crippen LogP contribution in [0.25, 0.3) is 77.2 Å². The van der Waals surface area contributed by atoms with Crippen molar-refractivity contribution in [2.45, 2.75) is 40.5 Å². The van der Waals surface area contributed by atoms with Crippen LogP contribution < -0.4 is 0 Å². The SMILES string of the molecule is Cc1cc(C)cc(-c2c3c(c(-c4cc(C)cc(C)c4)c4c2cc2c5c(cccc54)C4=C2CCC=C4)C2=CC=C4C5=CC=C6c7ccccc7C7=CC=C(C8=CC=C3C2C84)C5C76)c1. The summed E-state index contributed by atoms with van der Waals surface area (Å²) < 4.78 is 0. The van der Waals surface area contributed by atoms with Gasteiger partial charge in [-0.05, 0) is 180 Å². The van der Waals surface area contributed by atoms with Crippen LogP contribution in [0.4, 0.5) is 0 Å². The Labute approximate surface area is 363 Å². The van der Waals surface area contributed by atoms with Gasteiger partial charge in [-0.3, -0.25) is 0 Å². The lowest BCUT2D eigenvalue weighted by Gasteiger charge is -2.48. The maximum absolute atomic E-state index is 2.64. The molecule has 0 bridgehead atoms. The molecule has 9 aliphatic rings. The predicted octanol–water partition coefficient (Wildman–Crippen LogP) is 15.6. The lowest BCUT2D eigenvalue weighted by atomic mass is 9.54. The van der Waals surface area contributed by atoms with Crippen molar-refractivity contribution < 1.29 is 0 Å². The highest BCUT2D eigenvalue weighted by Crippen LogP contribution is 2.69. The molecule has 0 spiro atoms. The van der Waals surface area contributed by atoms with Crippen molar-refractivity contribution in [2.24, 2.45) is 23.7 Å². The van der Waals surface area contributed by atoms with Gasteiger partial charge in [0.2, 0.25) is 0 Å². The van der Waals surface area contributed by atoms with Gasteiger partial charge in [0.1, 0.15) is 0 Å². The van der Waals surface area contributed by atoms with Crippen LogP contribution >= 0.6 is 0 Å². The van der Waals surface area contributed by atoms with Crippen molar-refractivity contribution in [2.75, 3.05) is 0 Å². The molecule has 0 heterocycles. The molecule has 0 aliphatic heterocycles. The highest BCUT2D eigenvalue weighted by molar-refractivity contribution is 6.30. The summed E-state index contributed by atoms with van der Waals surface area (Å²) in [5, 5.41) is 5.62. The second-order valence-corrected chi connectivity index (χ2v) is 19.6. The van der Waals surface area contributed by atoms with Crippen LogP contribution in [0, 0.1) is 51.4 Å². The van der Waals surface area contributed by atoms with E-state index in [1.165, 1.54) is 155 Å². The second-order valence-electron chi connectivity index (χ2n) is 19.6. The van der Waals surface area contributed by atoms with Gasteiger partial charge in [-0.2, -0.15) is 0 Å². The Balaban J connectivity index is 1.09. The molecule has 15 rings (SSSR count). The lowest BCUT2D eigenvalue weighted by Crippen LogP contribution is -2.37. The molecule has 9 aliphatic carbocycles. The van der Waals surface area contributed by atoms with Crippen molar-refractivity contribution in [3.8, 4) is 22.3 Å². The molecule has 6 aromatic carbocycles. The molecular weight excluding hydrogens is 745 g/mol. The van der Waals surface area contributed by atoms with Crippen LogP contribution in [-0.4, -0.2) is 0 Å². The van der Waals surface area contributed by atoms with E-state index in [-0.39, 0.29) is 11.8 Å². The summed E-state index contributed by atoms with van der Waals surface area (Å²) in [6.45, 7) is 9.11. The number of aryl methyl sites for hydroxylation is 4. The van der Waals surface area contributed by atoms with E-state index in [1.54, 1.807) is 0 Å². The normalized spacial score (nSPS) is 23.4. The molecular formula is C62H44. The Morgan fingerprint density at radius 2 is 0.871 bits per heavy atom. The van der Waals surface area contributed by atoms with Crippen LogP contribution in [0.2, 0.25) is 0 Å². The van der Waals surface area contributed by atoms with Crippen molar-refractivity contribution in [3.05, 3.63) is 224 Å². The summed E-state index contributed by atoms with van der Waals surface area (Å²) in [6, 6.07) is 33.5. The van der Waals surface area contributed by atoms with Gasteiger partial charge in [0, 0.05) is 23.7 Å². The third-order valence-electron chi connectivity index (χ3n) is 16.1. The van der Waals surface area contributed by atoms with E-state index >= 15 is 0 Å². The lowest BCUT2D eigenvalue weighted by molar-refractivity contribution is 0.525. The third kappa shape index (κ3) is 4.06. The topological polar surface area (TPSA) is 0 Å². The molecule has 1 fully saturated rings. The fourth-order valence-corrected chi connectivity index (χ4v) is 14.3. The molecule has 0 heteroatoms. The Morgan fingerprint density at radius 3 is 1.47 bits per heavy atom. The van der Waals surface area contributed by atoms with E-state index in [9.17, 15) is 0 Å². The predicted molar refractivity (Wildman–Crippen MR) is 261 cm³/mol. The number of benzene rings is 6. The maximum Gasteiger partial charge on any atom is 0.0212 e. The smallest absolute Gasteiger partial charge is 0.0212 e. The Hall–Kier alpha value is -6.76. The molecule has 0 N–H and O–H groups in total. The minimum absolute atomic E-state index is 0.238. The van der Waals surface area contributed by atoms with Gasteiger partial charge in [-0.1, -0.05) is 162 Å². The van der Waals surface area contributed by atoms with Crippen LogP contribution in [0.1, 0.15) is 68.5 Å². The zero-order valence-corrected chi connectivity index (χ0v) is 35.6. The first kappa shape index (κ1) is 33.9. The zero-order chi connectivity index (χ0) is 40.9. The Bertz CT molecular complexity index is 3560. The Morgan fingerprint density at radius 1 is 0.387 bits per heavy atom. The number of fused-ring (bicyclic) bond motifs is 12. The largest absolute Gasteiger partial charge is 0.0836 e. The van der Waals surface area contributed by atoms with Gasteiger partial charge >= 0.3 is 0 Å². The molecule has 0 nitrogen and oxygen atoms in total. The monoisotopic (exact) mass is 788 g/mol. The first-order chi connectivity index (χ1) is 30.4. The summed E-state index contributed by atoms with van der Waals surface area (Å²) in [7, 11) is 0. The molecule has 0 saturated heterocycles. The van der Waals surface area contributed by atoms with E-state index < -0.39 is 0 Å². The molecule has 0 radical (unpaired) electrons. The van der Waals surface area contributed by atoms with Crippen molar-refractivity contribution >= 4 is 55.0 Å². The molecule has 6 aromatic rings. The summed E-state index contributed by atoms with van der Waals surface area (Å²) in [5.74, 6) is 1.24. The average molecular weight is 789 g/mol. The molecule has 0 aromatic heterocycles. The fourth-order valence-electron chi connectivity index (χ4n) is 14.3. The van der Waals surface area contributed by atoms with Gasteiger partial charge in [0.05, 0.1) is 0 Å². The van der Waals surface area contributed by atoms with Gasteiger partial charge in [-0.25, -0.2) is 0 Å². The summed E-state index contributed by atoms with van der Waals surface area (Å²) in [5.41, 5.74) is 34.4. The van der Waals surface area contributed by atoms with E-state index in [2.05, 4.69) is 173 Å². The minimum Gasteiger partial charge on any atom is -0.0836 e. The summed E-state index contributed by atoms with van der Waals surface area (Å²) >= 11 is 0. The molecule has 0 amide bonds. The van der Waals surface area contributed by atoms with Gasteiger partial charge < -0.3 is 0 Å². The number of rotatable bonds is 2. The van der Waals surface area contributed by atoms with Crippen LogP contribution in [0.3, 0.4) is 0 Å². The number of allylic oxidation sites excluding steroid dienone is 20. The van der Waals surface area contributed by atoms with Gasteiger partial charge in [-0.15, -0.1) is 0 Å². The number of hydrogen-bond donors (Lipinski definition) is 0. The number of hydrogen-bond acceptors (Lipinski definition) is 0. The zero-order valence-electron chi connectivity index (χ0n) is 35.6. The first-order valence-electron chi connectivity index (χ1n) is 22.9. The average Bonchev–Trinajstić information content (AvgIpc) is 3.91. The first-order valence-corrected chi connectivity index (χ1v) is 22.9. The fraction of sp³-hybridized carbons (Fsp3) is 0.161. The highest BCUT2D eigenvalue weighted by Gasteiger charge is 2.54. The summed E-state index contributed by atoms with van der Waals surface area (Å²) in [6.07, 6.45) is 27.2. The van der Waals surface area contributed by atoms with E-state index in [1.807, 2.05) is 0 Å². The van der Waals surface area contributed by atoms with Crippen LogP contribution in [0.15, 0.2) is 168 Å². The van der Waals surface area contributed by atoms with Crippen molar-refractivity contribution in [1.82, 2.24) is 0 Å². The van der Waals surface area contributed by atoms with Gasteiger partial charge in [0.15, 0.2) is 0 Å². The second kappa shape index (κ2) is 11.6. The summed E-state index contributed by atoms with van der Waals surface area (Å²) in [4.78, 5) is 0.